The molecular weight excluding hydrogens is 338 g/mol. The number of para-hydroxylation sites is 1. The minimum absolute atomic E-state index is 0.0174. The van der Waals surface area contributed by atoms with Gasteiger partial charge in [0, 0.05) is 25.3 Å². The number of ether oxygens (including phenoxy) is 1. The lowest BCUT2D eigenvalue weighted by Crippen LogP contribution is -2.68. The number of aryl methyl sites for hydroxylation is 2. The lowest BCUT2D eigenvalue weighted by Gasteiger charge is -2.51. The summed E-state index contributed by atoms with van der Waals surface area (Å²) in [5.74, 6) is 0.972. The van der Waals surface area contributed by atoms with E-state index in [1.165, 1.54) is 16.5 Å². The van der Waals surface area contributed by atoms with Crippen molar-refractivity contribution in [2.75, 3.05) is 13.1 Å². The second-order valence-electron chi connectivity index (χ2n) is 7.73. The van der Waals surface area contributed by atoms with Crippen molar-refractivity contribution >= 4 is 16.9 Å². The molecule has 2 amide bonds. The number of fused-ring (bicyclic) bond motifs is 2. The number of hydrogen-bond acceptors (Lipinski definition) is 2. The summed E-state index contributed by atoms with van der Waals surface area (Å²) in [6.07, 6.45) is 4.04. The number of benzene rings is 2. The van der Waals surface area contributed by atoms with E-state index in [1.54, 1.807) is 0 Å². The molecule has 2 aliphatic rings. The molecule has 0 bridgehead atoms. The standard InChI is InChI=1S/C22H23N3O2/c1-24-11-9-18-12-16(6-7-19(18)24)13-23-21(26)25-14-22(15-25)10-8-17-4-2-3-5-20(17)27-22/h2-7,9,11-12H,8,10,13-15H2,1H3,(H,23,26). The van der Waals surface area contributed by atoms with E-state index in [0.717, 1.165) is 24.2 Å². The fraction of sp³-hybridized carbons (Fsp3) is 0.318. The first-order valence-electron chi connectivity index (χ1n) is 9.46. The van der Waals surface area contributed by atoms with Crippen LogP contribution in [-0.4, -0.2) is 34.2 Å². The van der Waals surface area contributed by atoms with Crippen molar-refractivity contribution in [3.05, 3.63) is 65.9 Å². The molecule has 2 aromatic carbocycles. The van der Waals surface area contributed by atoms with Crippen LogP contribution in [0.15, 0.2) is 54.7 Å². The normalized spacial score (nSPS) is 17.3. The van der Waals surface area contributed by atoms with Crippen LogP contribution in [0.5, 0.6) is 5.75 Å². The number of amides is 2. The summed E-state index contributed by atoms with van der Waals surface area (Å²) in [5.41, 5.74) is 3.38. The predicted molar refractivity (Wildman–Crippen MR) is 105 cm³/mol. The van der Waals surface area contributed by atoms with Crippen LogP contribution in [0.3, 0.4) is 0 Å². The van der Waals surface area contributed by atoms with Gasteiger partial charge < -0.3 is 19.5 Å². The fourth-order valence-corrected chi connectivity index (χ4v) is 4.20. The molecule has 27 heavy (non-hydrogen) atoms. The van der Waals surface area contributed by atoms with Gasteiger partial charge in [0.05, 0.1) is 13.1 Å². The summed E-state index contributed by atoms with van der Waals surface area (Å²) >= 11 is 0. The number of urea groups is 1. The van der Waals surface area contributed by atoms with Gasteiger partial charge in [0.1, 0.15) is 11.4 Å². The van der Waals surface area contributed by atoms with E-state index >= 15 is 0 Å². The molecule has 3 aromatic rings. The maximum atomic E-state index is 12.5. The fourth-order valence-electron chi connectivity index (χ4n) is 4.20. The zero-order valence-corrected chi connectivity index (χ0v) is 15.4. The quantitative estimate of drug-likeness (QED) is 0.760. The maximum absolute atomic E-state index is 12.5. The summed E-state index contributed by atoms with van der Waals surface area (Å²) in [6, 6.07) is 16.6. The van der Waals surface area contributed by atoms with E-state index in [1.807, 2.05) is 30.1 Å². The summed E-state index contributed by atoms with van der Waals surface area (Å²) in [5, 5.41) is 4.23. The molecule has 1 spiro atoms. The van der Waals surface area contributed by atoms with E-state index < -0.39 is 0 Å². The lowest BCUT2D eigenvalue weighted by atomic mass is 9.85. The van der Waals surface area contributed by atoms with E-state index in [9.17, 15) is 4.79 Å². The molecular formula is C22H23N3O2. The summed E-state index contributed by atoms with van der Waals surface area (Å²) in [6.45, 7) is 1.85. The van der Waals surface area contributed by atoms with Gasteiger partial charge in [-0.3, -0.25) is 0 Å². The van der Waals surface area contributed by atoms with Crippen molar-refractivity contribution in [3.8, 4) is 5.75 Å². The van der Waals surface area contributed by atoms with Gasteiger partial charge in [0.15, 0.2) is 0 Å². The smallest absolute Gasteiger partial charge is 0.317 e. The molecule has 3 heterocycles. The van der Waals surface area contributed by atoms with Gasteiger partial charge in [-0.05, 0) is 53.6 Å². The molecule has 1 saturated heterocycles. The third-order valence-corrected chi connectivity index (χ3v) is 5.79. The number of likely N-dealkylation sites (tertiary alicyclic amines) is 1. The molecule has 0 atom stereocenters. The molecule has 0 unspecified atom stereocenters. The molecule has 0 saturated carbocycles. The van der Waals surface area contributed by atoms with E-state index in [4.69, 9.17) is 4.74 Å². The topological polar surface area (TPSA) is 46.5 Å². The number of nitrogens with one attached hydrogen (secondary N) is 1. The van der Waals surface area contributed by atoms with Crippen LogP contribution in [0.2, 0.25) is 0 Å². The Morgan fingerprint density at radius 1 is 1.19 bits per heavy atom. The number of carbonyl (C=O) groups excluding carboxylic acids is 1. The highest BCUT2D eigenvalue weighted by molar-refractivity contribution is 5.81. The van der Waals surface area contributed by atoms with Crippen molar-refractivity contribution in [1.82, 2.24) is 14.8 Å². The number of aromatic nitrogens is 1. The van der Waals surface area contributed by atoms with Gasteiger partial charge in [-0.25, -0.2) is 4.79 Å². The molecule has 1 fully saturated rings. The van der Waals surface area contributed by atoms with Crippen molar-refractivity contribution in [2.45, 2.75) is 25.0 Å². The van der Waals surface area contributed by atoms with Crippen LogP contribution in [0.1, 0.15) is 17.5 Å². The van der Waals surface area contributed by atoms with E-state index in [-0.39, 0.29) is 11.6 Å². The molecule has 1 aromatic heterocycles. The molecule has 0 aliphatic carbocycles. The van der Waals surface area contributed by atoms with Crippen LogP contribution in [0.4, 0.5) is 4.79 Å². The molecule has 5 heteroatoms. The molecule has 0 radical (unpaired) electrons. The molecule has 5 nitrogen and oxygen atoms in total. The van der Waals surface area contributed by atoms with Crippen molar-refractivity contribution in [1.29, 1.82) is 0 Å². The third kappa shape index (κ3) is 2.83. The second-order valence-corrected chi connectivity index (χ2v) is 7.73. The van der Waals surface area contributed by atoms with Crippen LogP contribution < -0.4 is 10.1 Å². The Kier molecular flexibility index (Phi) is 3.64. The zero-order valence-electron chi connectivity index (χ0n) is 15.4. The minimum atomic E-state index is -0.200. The largest absolute Gasteiger partial charge is 0.483 e. The first-order valence-corrected chi connectivity index (χ1v) is 9.46. The van der Waals surface area contributed by atoms with E-state index in [2.05, 4.69) is 46.4 Å². The highest BCUT2D eigenvalue weighted by Gasteiger charge is 2.49. The van der Waals surface area contributed by atoms with Crippen molar-refractivity contribution in [3.63, 3.8) is 0 Å². The van der Waals surface area contributed by atoms with Crippen LogP contribution in [0, 0.1) is 0 Å². The van der Waals surface area contributed by atoms with Gasteiger partial charge in [0.2, 0.25) is 0 Å². The average molecular weight is 361 g/mol. The Bertz CT molecular complexity index is 1020. The maximum Gasteiger partial charge on any atom is 0.317 e. The Balaban J connectivity index is 1.18. The number of hydrogen-bond donors (Lipinski definition) is 1. The SMILES string of the molecule is Cn1ccc2cc(CNC(=O)N3CC4(CCc5ccccc5O4)C3)ccc21. The van der Waals surface area contributed by atoms with Gasteiger partial charge in [-0.2, -0.15) is 0 Å². The number of nitrogens with zero attached hydrogens (tertiary/aromatic N) is 2. The Morgan fingerprint density at radius 2 is 2.04 bits per heavy atom. The monoisotopic (exact) mass is 361 g/mol. The van der Waals surface area contributed by atoms with Crippen LogP contribution in [0.25, 0.3) is 10.9 Å². The second kappa shape index (κ2) is 6.05. The first kappa shape index (κ1) is 16.2. The molecule has 5 rings (SSSR count). The van der Waals surface area contributed by atoms with Gasteiger partial charge in [-0.15, -0.1) is 0 Å². The Hall–Kier alpha value is -2.95. The summed E-state index contributed by atoms with van der Waals surface area (Å²) in [4.78, 5) is 14.3. The highest BCUT2D eigenvalue weighted by Crippen LogP contribution is 2.38. The van der Waals surface area contributed by atoms with E-state index in [0.29, 0.717) is 19.6 Å². The number of carbonyl (C=O) groups is 1. The summed E-state index contributed by atoms with van der Waals surface area (Å²) in [7, 11) is 2.04. The van der Waals surface area contributed by atoms with Gasteiger partial charge in [-0.1, -0.05) is 24.3 Å². The average Bonchev–Trinajstić information content (AvgIpc) is 3.04. The lowest BCUT2D eigenvalue weighted by molar-refractivity contribution is -0.0678. The Morgan fingerprint density at radius 3 is 2.93 bits per heavy atom. The highest BCUT2D eigenvalue weighted by atomic mass is 16.5. The molecule has 1 N–H and O–H groups in total. The van der Waals surface area contributed by atoms with Crippen LogP contribution >= 0.6 is 0 Å². The number of rotatable bonds is 2. The summed E-state index contributed by atoms with van der Waals surface area (Å²) < 4.78 is 8.32. The first-order chi connectivity index (χ1) is 13.1. The minimum Gasteiger partial charge on any atom is -0.483 e. The van der Waals surface area contributed by atoms with Crippen LogP contribution in [-0.2, 0) is 20.0 Å². The molecule has 138 valence electrons. The van der Waals surface area contributed by atoms with Crippen molar-refractivity contribution < 1.29 is 9.53 Å². The van der Waals surface area contributed by atoms with Gasteiger partial charge in [0.25, 0.3) is 0 Å². The third-order valence-electron chi connectivity index (χ3n) is 5.79. The molecule has 2 aliphatic heterocycles. The van der Waals surface area contributed by atoms with Crippen molar-refractivity contribution in [2.24, 2.45) is 7.05 Å². The zero-order chi connectivity index (χ0) is 18.4. The van der Waals surface area contributed by atoms with Gasteiger partial charge >= 0.3 is 6.03 Å². The predicted octanol–water partition coefficient (Wildman–Crippen LogP) is 3.47. The Labute approximate surface area is 158 Å².